The summed E-state index contributed by atoms with van der Waals surface area (Å²) >= 11 is 0. The minimum absolute atomic E-state index is 0.702. The second-order valence-electron chi connectivity index (χ2n) is 6.07. The number of nitrogens with zero attached hydrogens (tertiary/aromatic N) is 2. The summed E-state index contributed by atoms with van der Waals surface area (Å²) in [6.45, 7) is 3.81. The molecule has 26 heavy (non-hydrogen) atoms. The zero-order valence-corrected chi connectivity index (χ0v) is 14.3. The van der Waals surface area contributed by atoms with Crippen molar-refractivity contribution in [3.63, 3.8) is 0 Å². The third-order valence-corrected chi connectivity index (χ3v) is 4.28. The fraction of sp³-hybridized carbons (Fsp3) is 0.100. The van der Waals surface area contributed by atoms with Crippen molar-refractivity contribution in [2.45, 2.75) is 13.8 Å². The van der Waals surface area contributed by atoms with Gasteiger partial charge >= 0.3 is 11.9 Å². The topological polar surface area (TPSA) is 62.5 Å². The molecule has 0 saturated carbocycles. The highest BCUT2D eigenvalue weighted by atomic mass is 16.7. The molecule has 0 unspecified atom stereocenters. The molecule has 2 heterocycles. The third-order valence-electron chi connectivity index (χ3n) is 4.28. The Labute approximate surface area is 149 Å². The van der Waals surface area contributed by atoms with E-state index in [0.29, 0.717) is 11.0 Å². The van der Waals surface area contributed by atoms with Gasteiger partial charge in [-0.2, -0.15) is 9.46 Å². The molecule has 0 fully saturated rings. The van der Waals surface area contributed by atoms with E-state index in [0.717, 1.165) is 21.9 Å². The van der Waals surface area contributed by atoms with Crippen LogP contribution in [0.1, 0.15) is 11.1 Å². The zero-order chi connectivity index (χ0) is 18.3. The predicted octanol–water partition coefficient (Wildman–Crippen LogP) is 2.82. The molecule has 4 rings (SSSR count). The van der Waals surface area contributed by atoms with Crippen LogP contribution in [0.25, 0.3) is 21.8 Å². The molecule has 130 valence electrons. The fourth-order valence-electron chi connectivity index (χ4n) is 3.03. The van der Waals surface area contributed by atoms with E-state index in [2.05, 4.69) is 0 Å². The third kappa shape index (κ3) is 2.61. The first-order valence-corrected chi connectivity index (χ1v) is 8.13. The molecule has 0 amide bonds. The SMILES string of the molecule is Cc1cn(OC(=O)C(=O)On2cc(C)c3ccccc32)c2ccccc12. The number of aromatic nitrogens is 2. The first kappa shape index (κ1) is 16.0. The predicted molar refractivity (Wildman–Crippen MR) is 96.5 cm³/mol. The quantitative estimate of drug-likeness (QED) is 0.523. The van der Waals surface area contributed by atoms with Crippen LogP contribution in [0.4, 0.5) is 0 Å². The van der Waals surface area contributed by atoms with Crippen LogP contribution in [-0.2, 0) is 9.59 Å². The Morgan fingerprint density at radius 1 is 0.692 bits per heavy atom. The minimum atomic E-state index is -1.10. The number of hydrogen-bond acceptors (Lipinski definition) is 4. The van der Waals surface area contributed by atoms with Crippen LogP contribution in [-0.4, -0.2) is 21.4 Å². The van der Waals surface area contributed by atoms with Gasteiger partial charge in [-0.3, -0.25) is 0 Å². The lowest BCUT2D eigenvalue weighted by Gasteiger charge is -2.07. The molecule has 4 aromatic rings. The van der Waals surface area contributed by atoms with Gasteiger partial charge in [-0.1, -0.05) is 36.4 Å². The number of para-hydroxylation sites is 2. The van der Waals surface area contributed by atoms with Crippen LogP contribution in [0, 0.1) is 13.8 Å². The monoisotopic (exact) mass is 348 g/mol. The Hall–Kier alpha value is -3.54. The van der Waals surface area contributed by atoms with Crippen molar-refractivity contribution in [3.05, 3.63) is 72.1 Å². The van der Waals surface area contributed by atoms with Gasteiger partial charge in [0.2, 0.25) is 0 Å². The van der Waals surface area contributed by atoms with Gasteiger partial charge in [0.15, 0.2) is 0 Å². The standard InChI is InChI=1S/C20H16N2O4/c1-13-11-21(17-9-5-3-7-15(13)17)25-19(23)20(24)26-22-12-14(2)16-8-4-6-10-18(16)22/h3-12H,1-2H3. The molecule has 0 atom stereocenters. The molecule has 6 heteroatoms. The summed E-state index contributed by atoms with van der Waals surface area (Å²) in [6.07, 6.45) is 3.32. The van der Waals surface area contributed by atoms with Gasteiger partial charge in [-0.05, 0) is 37.1 Å². The Morgan fingerprint density at radius 3 is 1.50 bits per heavy atom. The van der Waals surface area contributed by atoms with Crippen molar-refractivity contribution in [2.75, 3.05) is 0 Å². The van der Waals surface area contributed by atoms with Crippen molar-refractivity contribution in [3.8, 4) is 0 Å². The van der Waals surface area contributed by atoms with Crippen LogP contribution in [0.15, 0.2) is 60.9 Å². The van der Waals surface area contributed by atoms with Crippen molar-refractivity contribution in [2.24, 2.45) is 0 Å². The average Bonchev–Trinajstić information content (AvgIpc) is 3.13. The molecule has 6 nitrogen and oxygen atoms in total. The van der Waals surface area contributed by atoms with Crippen LogP contribution >= 0.6 is 0 Å². The second kappa shape index (κ2) is 6.07. The van der Waals surface area contributed by atoms with Gasteiger partial charge < -0.3 is 9.68 Å². The fourth-order valence-corrected chi connectivity index (χ4v) is 3.03. The molecule has 0 spiro atoms. The summed E-state index contributed by atoms with van der Waals surface area (Å²) < 4.78 is 2.57. The van der Waals surface area contributed by atoms with Gasteiger partial charge in [0.05, 0.1) is 11.0 Å². The van der Waals surface area contributed by atoms with E-state index < -0.39 is 11.9 Å². The molecule has 2 aromatic carbocycles. The maximum absolute atomic E-state index is 12.2. The van der Waals surface area contributed by atoms with E-state index in [1.165, 1.54) is 9.46 Å². The Kier molecular flexibility index (Phi) is 3.73. The number of hydrogen-bond donors (Lipinski definition) is 0. The van der Waals surface area contributed by atoms with E-state index in [1.54, 1.807) is 12.4 Å². The van der Waals surface area contributed by atoms with Gasteiger partial charge in [0.1, 0.15) is 0 Å². The first-order valence-electron chi connectivity index (χ1n) is 8.13. The lowest BCUT2D eigenvalue weighted by Crippen LogP contribution is -2.34. The number of rotatable bonds is 2. The molecule has 0 saturated heterocycles. The molecule has 0 bridgehead atoms. The largest absolute Gasteiger partial charge is 0.444 e. The van der Waals surface area contributed by atoms with Crippen molar-refractivity contribution in [1.29, 1.82) is 0 Å². The molecule has 0 N–H and O–H groups in total. The van der Waals surface area contributed by atoms with Gasteiger partial charge in [-0.25, -0.2) is 9.59 Å². The summed E-state index contributed by atoms with van der Waals surface area (Å²) in [5, 5.41) is 1.89. The van der Waals surface area contributed by atoms with Gasteiger partial charge in [-0.15, -0.1) is 0 Å². The Morgan fingerprint density at radius 2 is 1.08 bits per heavy atom. The Balaban J connectivity index is 1.57. The summed E-state index contributed by atoms with van der Waals surface area (Å²) in [4.78, 5) is 34.7. The number of fused-ring (bicyclic) bond motifs is 2. The number of benzene rings is 2. The van der Waals surface area contributed by atoms with Gasteiger partial charge in [0, 0.05) is 23.2 Å². The van der Waals surface area contributed by atoms with E-state index in [4.69, 9.17) is 9.68 Å². The van der Waals surface area contributed by atoms with Crippen LogP contribution < -0.4 is 9.68 Å². The molecule has 0 aliphatic rings. The maximum atomic E-state index is 12.2. The van der Waals surface area contributed by atoms with Crippen molar-refractivity contribution < 1.29 is 19.3 Å². The number of aryl methyl sites for hydroxylation is 2. The molecule has 2 aromatic heterocycles. The lowest BCUT2D eigenvalue weighted by molar-refractivity contribution is -0.167. The van der Waals surface area contributed by atoms with Gasteiger partial charge in [0.25, 0.3) is 0 Å². The summed E-state index contributed by atoms with van der Waals surface area (Å²) in [5.74, 6) is -2.19. The van der Waals surface area contributed by atoms with E-state index in [1.807, 2.05) is 62.4 Å². The molecular formula is C20H16N2O4. The number of carbonyl (C=O) groups is 2. The second-order valence-corrected chi connectivity index (χ2v) is 6.07. The van der Waals surface area contributed by atoms with E-state index >= 15 is 0 Å². The Bertz CT molecular complexity index is 1060. The van der Waals surface area contributed by atoms with E-state index in [9.17, 15) is 9.59 Å². The first-order chi connectivity index (χ1) is 12.5. The highest BCUT2D eigenvalue weighted by Gasteiger charge is 2.22. The van der Waals surface area contributed by atoms with E-state index in [-0.39, 0.29) is 0 Å². The lowest BCUT2D eigenvalue weighted by atomic mass is 10.2. The zero-order valence-electron chi connectivity index (χ0n) is 14.3. The van der Waals surface area contributed by atoms with Crippen LogP contribution in [0.5, 0.6) is 0 Å². The molecular weight excluding hydrogens is 332 g/mol. The summed E-state index contributed by atoms with van der Waals surface area (Å²) in [6, 6.07) is 14.9. The van der Waals surface area contributed by atoms with Crippen molar-refractivity contribution >= 4 is 33.7 Å². The highest BCUT2D eigenvalue weighted by molar-refractivity contribution is 6.30. The molecule has 0 radical (unpaired) electrons. The summed E-state index contributed by atoms with van der Waals surface area (Å²) in [7, 11) is 0. The van der Waals surface area contributed by atoms with Crippen LogP contribution in [0.2, 0.25) is 0 Å². The molecule has 0 aliphatic heterocycles. The average molecular weight is 348 g/mol. The maximum Gasteiger partial charge on any atom is 0.444 e. The summed E-state index contributed by atoms with van der Waals surface area (Å²) in [5.41, 5.74) is 3.28. The normalized spacial score (nSPS) is 11.0. The van der Waals surface area contributed by atoms with Crippen LogP contribution in [0.3, 0.4) is 0 Å². The number of carbonyl (C=O) groups excluding carboxylic acids is 2. The minimum Gasteiger partial charge on any atom is -0.325 e. The highest BCUT2D eigenvalue weighted by Crippen LogP contribution is 2.20. The van der Waals surface area contributed by atoms with Crippen molar-refractivity contribution in [1.82, 2.24) is 9.46 Å². The molecule has 0 aliphatic carbocycles. The smallest absolute Gasteiger partial charge is 0.325 e.